The van der Waals surface area contributed by atoms with E-state index in [9.17, 15) is 10.1 Å². The molecule has 0 aliphatic rings. The summed E-state index contributed by atoms with van der Waals surface area (Å²) in [7, 11) is 0. The Morgan fingerprint density at radius 3 is 2.05 bits per heavy atom. The molecule has 103 valence electrons. The van der Waals surface area contributed by atoms with Crippen molar-refractivity contribution in [3.63, 3.8) is 0 Å². The van der Waals surface area contributed by atoms with E-state index < -0.39 is 11.6 Å². The molecule has 0 atom stereocenters. The van der Waals surface area contributed by atoms with E-state index in [-0.39, 0.29) is 14.1 Å². The Kier molecular flexibility index (Phi) is 7.86. The first-order valence-electron chi connectivity index (χ1n) is 5.34. The summed E-state index contributed by atoms with van der Waals surface area (Å²) in [6.45, 7) is 1.52. The van der Waals surface area contributed by atoms with Crippen LogP contribution in [0.25, 0.3) is 0 Å². The van der Waals surface area contributed by atoms with Crippen molar-refractivity contribution in [1.82, 2.24) is 0 Å². The molecule has 0 saturated carbocycles. The van der Waals surface area contributed by atoms with Gasteiger partial charge in [0.2, 0.25) is 0 Å². The third-order valence-corrected chi connectivity index (χ3v) is 4.28. The minimum absolute atomic E-state index is 0. The summed E-state index contributed by atoms with van der Waals surface area (Å²) in [5.41, 5.74) is -0.0107. The topological polar surface area (TPSA) is 70.8 Å². The van der Waals surface area contributed by atoms with Gasteiger partial charge in [-0.2, -0.15) is 0 Å². The zero-order chi connectivity index (χ0) is 13.6. The lowest BCUT2D eigenvalue weighted by Crippen LogP contribution is -2.02. The summed E-state index contributed by atoms with van der Waals surface area (Å²) in [5, 5.41) is 10.5. The van der Waals surface area contributed by atoms with Gasteiger partial charge in [0.05, 0.1) is 18.1 Å². The standard InChI is InChI=1S/C10H14NO5PS.B/c1-3-14-17(18,15-4-2)16-10-7-5-9(6-8-10)11(12)13;/h5-8H,3-4H2,1-2H3;. The third kappa shape index (κ3) is 5.69. The van der Waals surface area contributed by atoms with Gasteiger partial charge in [0, 0.05) is 32.4 Å². The number of rotatable bonds is 7. The van der Waals surface area contributed by atoms with E-state index in [0.717, 1.165) is 0 Å². The van der Waals surface area contributed by atoms with Gasteiger partial charge in [0.1, 0.15) is 5.75 Å². The SMILES string of the molecule is CCOP(=S)(OCC)Oc1ccc([N+](=O)[O-])cc1.[B]. The van der Waals surface area contributed by atoms with E-state index >= 15 is 0 Å². The minimum atomic E-state index is -2.82. The van der Waals surface area contributed by atoms with Crippen molar-refractivity contribution in [2.75, 3.05) is 13.2 Å². The molecule has 0 aliphatic carbocycles. The molecular formula is C10H14BNO5PS. The Morgan fingerprint density at radius 1 is 1.21 bits per heavy atom. The van der Waals surface area contributed by atoms with Gasteiger partial charge in [-0.15, -0.1) is 0 Å². The van der Waals surface area contributed by atoms with Crippen LogP contribution in [0.4, 0.5) is 5.69 Å². The van der Waals surface area contributed by atoms with Crippen LogP contribution < -0.4 is 4.52 Å². The predicted octanol–water partition coefficient (Wildman–Crippen LogP) is 2.89. The number of nitro benzene ring substituents is 1. The van der Waals surface area contributed by atoms with E-state index in [1.807, 2.05) is 0 Å². The zero-order valence-electron chi connectivity index (χ0n) is 10.6. The fourth-order valence-corrected chi connectivity index (χ4v) is 3.25. The molecule has 6 nitrogen and oxygen atoms in total. The van der Waals surface area contributed by atoms with Crippen LogP contribution in [0.3, 0.4) is 0 Å². The molecule has 0 aliphatic heterocycles. The highest BCUT2D eigenvalue weighted by Gasteiger charge is 2.21. The molecule has 0 N–H and O–H groups in total. The molecule has 19 heavy (non-hydrogen) atoms. The van der Waals surface area contributed by atoms with Gasteiger partial charge in [0.15, 0.2) is 0 Å². The lowest BCUT2D eigenvalue weighted by Gasteiger charge is -2.20. The number of hydrogen-bond acceptors (Lipinski definition) is 6. The maximum absolute atomic E-state index is 10.5. The average Bonchev–Trinajstić information content (AvgIpc) is 2.30. The first-order chi connectivity index (χ1) is 8.50. The number of nitro groups is 1. The second-order valence-corrected chi connectivity index (χ2v) is 6.06. The summed E-state index contributed by atoms with van der Waals surface area (Å²) < 4.78 is 16.1. The van der Waals surface area contributed by atoms with Crippen LogP contribution >= 0.6 is 6.72 Å². The van der Waals surface area contributed by atoms with Crippen LogP contribution in [0.2, 0.25) is 0 Å². The number of benzene rings is 1. The monoisotopic (exact) mass is 302 g/mol. The Hall–Kier alpha value is -0.945. The molecular weight excluding hydrogens is 288 g/mol. The predicted molar refractivity (Wildman–Crippen MR) is 77.0 cm³/mol. The van der Waals surface area contributed by atoms with Crippen LogP contribution in [0.5, 0.6) is 5.75 Å². The molecule has 0 spiro atoms. The Labute approximate surface area is 119 Å². The quantitative estimate of drug-likeness (QED) is 0.334. The lowest BCUT2D eigenvalue weighted by molar-refractivity contribution is -0.384. The van der Waals surface area contributed by atoms with Crippen molar-refractivity contribution in [1.29, 1.82) is 0 Å². The number of non-ortho nitro benzene ring substituents is 1. The van der Waals surface area contributed by atoms with Crippen LogP contribution in [-0.2, 0) is 20.9 Å². The number of hydrogen-bond donors (Lipinski definition) is 0. The molecule has 0 fully saturated rings. The fraction of sp³-hybridized carbons (Fsp3) is 0.400. The van der Waals surface area contributed by atoms with Gasteiger partial charge < -0.3 is 4.52 Å². The van der Waals surface area contributed by atoms with Crippen molar-refractivity contribution in [3.05, 3.63) is 34.4 Å². The molecule has 1 rings (SSSR count). The summed E-state index contributed by atoms with van der Waals surface area (Å²) in [6, 6.07) is 5.62. The second-order valence-electron chi connectivity index (χ2n) is 3.13. The molecule has 0 saturated heterocycles. The third-order valence-electron chi connectivity index (χ3n) is 1.84. The Bertz CT molecular complexity index is 446. The van der Waals surface area contributed by atoms with Crippen LogP contribution in [-0.4, -0.2) is 26.6 Å². The molecule has 1 aromatic carbocycles. The van der Waals surface area contributed by atoms with Gasteiger partial charge in [0.25, 0.3) is 5.69 Å². The smallest absolute Gasteiger partial charge is 0.380 e. The van der Waals surface area contributed by atoms with E-state index in [1.165, 1.54) is 24.3 Å². The average molecular weight is 302 g/mol. The highest BCUT2D eigenvalue weighted by Crippen LogP contribution is 2.49. The zero-order valence-corrected chi connectivity index (χ0v) is 12.4. The van der Waals surface area contributed by atoms with Gasteiger partial charge in [-0.05, 0) is 26.0 Å². The van der Waals surface area contributed by atoms with Crippen molar-refractivity contribution >= 4 is 32.6 Å². The largest absolute Gasteiger partial charge is 0.424 e. The maximum Gasteiger partial charge on any atom is 0.380 e. The first-order valence-corrected chi connectivity index (χ1v) is 7.89. The Balaban J connectivity index is 0.00000324. The summed E-state index contributed by atoms with van der Waals surface area (Å²) in [6.07, 6.45) is 0. The van der Waals surface area contributed by atoms with E-state index in [0.29, 0.717) is 19.0 Å². The minimum Gasteiger partial charge on any atom is -0.424 e. The molecule has 0 amide bonds. The van der Waals surface area contributed by atoms with Gasteiger partial charge in [-0.25, -0.2) is 0 Å². The molecule has 3 radical (unpaired) electrons. The highest BCUT2D eigenvalue weighted by atomic mass is 32.5. The molecule has 0 heterocycles. The second kappa shape index (κ2) is 8.27. The number of nitrogens with zero attached hydrogens (tertiary/aromatic N) is 1. The first kappa shape index (κ1) is 18.1. The highest BCUT2D eigenvalue weighted by molar-refractivity contribution is 8.07. The molecule has 0 unspecified atom stereocenters. The van der Waals surface area contributed by atoms with Crippen LogP contribution in [0.15, 0.2) is 24.3 Å². The van der Waals surface area contributed by atoms with Crippen LogP contribution in [0.1, 0.15) is 13.8 Å². The summed E-state index contributed by atoms with van der Waals surface area (Å²) >= 11 is 5.18. The maximum atomic E-state index is 10.5. The molecule has 9 heteroatoms. The lowest BCUT2D eigenvalue weighted by atomic mass is 10.3. The van der Waals surface area contributed by atoms with Crippen molar-refractivity contribution in [2.45, 2.75) is 13.8 Å². The molecule has 0 aromatic heterocycles. The van der Waals surface area contributed by atoms with Crippen molar-refractivity contribution in [3.8, 4) is 5.75 Å². The van der Waals surface area contributed by atoms with Gasteiger partial charge >= 0.3 is 6.72 Å². The summed E-state index contributed by atoms with van der Waals surface area (Å²) in [4.78, 5) is 10.0. The molecule has 0 bridgehead atoms. The van der Waals surface area contributed by atoms with E-state index in [2.05, 4.69) is 0 Å². The van der Waals surface area contributed by atoms with Crippen molar-refractivity contribution in [2.24, 2.45) is 0 Å². The normalized spacial score (nSPS) is 10.6. The van der Waals surface area contributed by atoms with E-state index in [4.69, 9.17) is 25.4 Å². The van der Waals surface area contributed by atoms with E-state index in [1.54, 1.807) is 13.8 Å². The Morgan fingerprint density at radius 2 is 1.68 bits per heavy atom. The summed E-state index contributed by atoms with van der Waals surface area (Å²) in [5.74, 6) is 0.394. The van der Waals surface area contributed by atoms with Crippen molar-refractivity contribution < 1.29 is 18.5 Å². The molecule has 1 aromatic rings. The fourth-order valence-electron chi connectivity index (χ4n) is 1.16. The van der Waals surface area contributed by atoms with Gasteiger partial charge in [-0.3, -0.25) is 19.2 Å². The van der Waals surface area contributed by atoms with Gasteiger partial charge in [-0.1, -0.05) is 0 Å². The van der Waals surface area contributed by atoms with Crippen LogP contribution in [0, 0.1) is 10.1 Å².